The predicted octanol–water partition coefficient (Wildman–Crippen LogP) is 1.98. The lowest BCUT2D eigenvalue weighted by Gasteiger charge is -2.25. The molecule has 3 aromatic rings. The van der Waals surface area contributed by atoms with E-state index in [0.29, 0.717) is 25.4 Å². The Balaban J connectivity index is 1.23. The van der Waals surface area contributed by atoms with Gasteiger partial charge in [-0.1, -0.05) is 12.1 Å². The van der Waals surface area contributed by atoms with E-state index in [1.165, 1.54) is 0 Å². The molecule has 0 radical (unpaired) electrons. The zero-order valence-corrected chi connectivity index (χ0v) is 17.0. The zero-order valence-electron chi connectivity index (χ0n) is 17.0. The summed E-state index contributed by atoms with van der Waals surface area (Å²) < 4.78 is 13.1. The highest BCUT2D eigenvalue weighted by Gasteiger charge is 2.28. The van der Waals surface area contributed by atoms with Crippen LogP contribution in [0.3, 0.4) is 0 Å². The van der Waals surface area contributed by atoms with Crippen LogP contribution in [-0.4, -0.2) is 55.8 Å². The molecular formula is C21H24N6O3. The molecule has 0 bridgehead atoms. The standard InChI is InChI=1S/C21H24N6O3/c1-14-23-24-25-27(14)17-4-2-15(3-5-17)12-20(28)26-9-6-19-18(13-26)22-21(30-19)16-7-10-29-11-8-16/h2-5,16H,6-13H2,1H3. The lowest BCUT2D eigenvalue weighted by Crippen LogP contribution is -2.36. The first-order valence-electron chi connectivity index (χ1n) is 10.4. The molecule has 156 valence electrons. The number of tetrazole rings is 1. The molecule has 5 rings (SSSR count). The Kier molecular flexibility index (Phi) is 5.04. The molecule has 2 aliphatic rings. The normalized spacial score (nSPS) is 17.2. The minimum atomic E-state index is 0.0996. The first-order valence-corrected chi connectivity index (χ1v) is 10.4. The van der Waals surface area contributed by atoms with Crippen molar-refractivity contribution in [2.75, 3.05) is 19.8 Å². The fourth-order valence-corrected chi connectivity index (χ4v) is 4.06. The molecule has 1 aromatic carbocycles. The molecule has 9 nitrogen and oxygen atoms in total. The van der Waals surface area contributed by atoms with Gasteiger partial charge in [-0.05, 0) is 47.9 Å². The maximum atomic E-state index is 12.9. The molecule has 0 aliphatic carbocycles. The van der Waals surface area contributed by atoms with E-state index in [1.807, 2.05) is 36.1 Å². The smallest absolute Gasteiger partial charge is 0.227 e. The van der Waals surface area contributed by atoms with Crippen molar-refractivity contribution in [1.29, 1.82) is 0 Å². The average molecular weight is 408 g/mol. The second-order valence-electron chi connectivity index (χ2n) is 7.86. The van der Waals surface area contributed by atoms with Gasteiger partial charge in [-0.25, -0.2) is 4.98 Å². The molecular weight excluding hydrogens is 384 g/mol. The minimum absolute atomic E-state index is 0.0996. The van der Waals surface area contributed by atoms with Crippen molar-refractivity contribution in [2.45, 2.75) is 45.1 Å². The highest BCUT2D eigenvalue weighted by atomic mass is 16.5. The predicted molar refractivity (Wildman–Crippen MR) is 106 cm³/mol. The van der Waals surface area contributed by atoms with Gasteiger partial charge < -0.3 is 14.1 Å². The van der Waals surface area contributed by atoms with Crippen molar-refractivity contribution in [3.8, 4) is 5.69 Å². The molecule has 1 fully saturated rings. The molecule has 0 unspecified atom stereocenters. The van der Waals surface area contributed by atoms with Crippen molar-refractivity contribution < 1.29 is 13.9 Å². The van der Waals surface area contributed by atoms with E-state index in [9.17, 15) is 4.79 Å². The van der Waals surface area contributed by atoms with Gasteiger partial charge in [0, 0.05) is 32.1 Å². The summed E-state index contributed by atoms with van der Waals surface area (Å²) in [6.45, 7) is 4.54. The number of ether oxygens (including phenoxy) is 1. The Bertz CT molecular complexity index is 1040. The largest absolute Gasteiger partial charge is 0.445 e. The summed E-state index contributed by atoms with van der Waals surface area (Å²) in [4.78, 5) is 19.5. The Morgan fingerprint density at radius 1 is 1.20 bits per heavy atom. The Morgan fingerprint density at radius 3 is 2.73 bits per heavy atom. The highest BCUT2D eigenvalue weighted by Crippen LogP contribution is 2.30. The van der Waals surface area contributed by atoms with Crippen LogP contribution in [-0.2, 0) is 28.9 Å². The molecule has 30 heavy (non-hydrogen) atoms. The van der Waals surface area contributed by atoms with Gasteiger partial charge in [0.05, 0.1) is 18.7 Å². The fourth-order valence-electron chi connectivity index (χ4n) is 4.06. The van der Waals surface area contributed by atoms with Crippen LogP contribution in [0.1, 0.15) is 47.5 Å². The number of carbonyl (C=O) groups is 1. The average Bonchev–Trinajstić information content (AvgIpc) is 3.40. The number of nitrogens with zero attached hydrogens (tertiary/aromatic N) is 6. The molecule has 4 heterocycles. The third-order valence-corrected chi connectivity index (χ3v) is 5.83. The zero-order chi connectivity index (χ0) is 20.5. The van der Waals surface area contributed by atoms with E-state index >= 15 is 0 Å². The van der Waals surface area contributed by atoms with E-state index in [4.69, 9.17) is 14.1 Å². The number of amides is 1. The van der Waals surface area contributed by atoms with E-state index in [-0.39, 0.29) is 5.91 Å². The lowest BCUT2D eigenvalue weighted by molar-refractivity contribution is -0.131. The lowest BCUT2D eigenvalue weighted by atomic mass is 10.0. The number of fused-ring (bicyclic) bond motifs is 1. The number of aromatic nitrogens is 5. The van der Waals surface area contributed by atoms with E-state index in [1.54, 1.807) is 4.68 Å². The molecule has 0 atom stereocenters. The SMILES string of the molecule is Cc1nnnn1-c1ccc(CC(=O)N2CCc3oc(C4CCOCC4)nc3C2)cc1. The molecule has 2 aliphatic heterocycles. The molecule has 1 saturated heterocycles. The number of benzene rings is 1. The van der Waals surface area contributed by atoms with Gasteiger partial charge in [-0.15, -0.1) is 5.10 Å². The first-order chi connectivity index (χ1) is 14.7. The molecule has 9 heteroatoms. The van der Waals surface area contributed by atoms with Gasteiger partial charge in [0.15, 0.2) is 11.7 Å². The quantitative estimate of drug-likeness (QED) is 0.651. The summed E-state index contributed by atoms with van der Waals surface area (Å²) in [6, 6.07) is 7.75. The maximum absolute atomic E-state index is 12.9. The van der Waals surface area contributed by atoms with Crippen molar-refractivity contribution in [3.05, 3.63) is 53.0 Å². The number of rotatable bonds is 4. The van der Waals surface area contributed by atoms with Crippen LogP contribution in [0.5, 0.6) is 0 Å². The van der Waals surface area contributed by atoms with Gasteiger partial charge in [-0.3, -0.25) is 4.79 Å². The van der Waals surface area contributed by atoms with Gasteiger partial charge in [0.1, 0.15) is 11.5 Å². The van der Waals surface area contributed by atoms with Crippen molar-refractivity contribution in [2.24, 2.45) is 0 Å². The Hall–Kier alpha value is -3.07. The van der Waals surface area contributed by atoms with Crippen LogP contribution in [0.4, 0.5) is 0 Å². The maximum Gasteiger partial charge on any atom is 0.227 e. The van der Waals surface area contributed by atoms with Gasteiger partial charge in [-0.2, -0.15) is 4.68 Å². The van der Waals surface area contributed by atoms with Crippen LogP contribution >= 0.6 is 0 Å². The van der Waals surface area contributed by atoms with Crippen LogP contribution in [0.25, 0.3) is 5.69 Å². The van der Waals surface area contributed by atoms with Crippen molar-refractivity contribution in [3.63, 3.8) is 0 Å². The van der Waals surface area contributed by atoms with E-state index in [2.05, 4.69) is 15.5 Å². The minimum Gasteiger partial charge on any atom is -0.445 e. The molecule has 0 spiro atoms. The van der Waals surface area contributed by atoms with Crippen LogP contribution < -0.4 is 0 Å². The van der Waals surface area contributed by atoms with Crippen LogP contribution in [0, 0.1) is 6.92 Å². The van der Waals surface area contributed by atoms with E-state index < -0.39 is 0 Å². The molecule has 0 saturated carbocycles. The topological polar surface area (TPSA) is 99.2 Å². The summed E-state index contributed by atoms with van der Waals surface area (Å²) >= 11 is 0. The number of carbonyl (C=O) groups excluding carboxylic acids is 1. The summed E-state index contributed by atoms with van der Waals surface area (Å²) in [5.41, 5.74) is 2.74. The summed E-state index contributed by atoms with van der Waals surface area (Å²) in [6.07, 6.45) is 2.97. The molecule has 0 N–H and O–H groups in total. The van der Waals surface area contributed by atoms with E-state index in [0.717, 1.165) is 66.9 Å². The number of oxazole rings is 1. The third-order valence-electron chi connectivity index (χ3n) is 5.83. The Labute approximate surface area is 174 Å². The number of hydrogen-bond acceptors (Lipinski definition) is 7. The monoisotopic (exact) mass is 408 g/mol. The van der Waals surface area contributed by atoms with Gasteiger partial charge in [0.2, 0.25) is 5.91 Å². The Morgan fingerprint density at radius 2 is 2.00 bits per heavy atom. The van der Waals surface area contributed by atoms with Gasteiger partial charge in [0.25, 0.3) is 0 Å². The molecule has 1 amide bonds. The molecule has 2 aromatic heterocycles. The highest BCUT2D eigenvalue weighted by molar-refractivity contribution is 5.79. The summed E-state index contributed by atoms with van der Waals surface area (Å²) in [7, 11) is 0. The van der Waals surface area contributed by atoms with Crippen LogP contribution in [0.15, 0.2) is 28.7 Å². The van der Waals surface area contributed by atoms with Gasteiger partial charge >= 0.3 is 0 Å². The number of aryl methyl sites for hydroxylation is 1. The number of hydrogen-bond donors (Lipinski definition) is 0. The van der Waals surface area contributed by atoms with Crippen molar-refractivity contribution in [1.82, 2.24) is 30.1 Å². The summed E-state index contributed by atoms with van der Waals surface area (Å²) in [5, 5.41) is 11.5. The first kappa shape index (κ1) is 18.9. The fraction of sp³-hybridized carbons (Fsp3) is 0.476. The second kappa shape index (κ2) is 7.98. The third kappa shape index (κ3) is 3.72. The second-order valence-corrected chi connectivity index (χ2v) is 7.86. The summed E-state index contributed by atoms with van der Waals surface area (Å²) in [5.74, 6) is 2.89. The van der Waals surface area contributed by atoms with Crippen molar-refractivity contribution >= 4 is 5.91 Å². The van der Waals surface area contributed by atoms with Crippen LogP contribution in [0.2, 0.25) is 0 Å².